The Kier molecular flexibility index (Phi) is 6.87. The van der Waals surface area contributed by atoms with E-state index in [0.29, 0.717) is 0 Å². The number of rotatable bonds is 7. The van der Waals surface area contributed by atoms with Crippen LogP contribution in [0.15, 0.2) is 23.6 Å². The summed E-state index contributed by atoms with van der Waals surface area (Å²) in [6.45, 7) is 0. The van der Waals surface area contributed by atoms with Crippen molar-refractivity contribution < 1.29 is 0 Å². The van der Waals surface area contributed by atoms with Crippen molar-refractivity contribution >= 4 is 24.4 Å². The highest BCUT2D eigenvalue weighted by Crippen LogP contribution is 2.15. The third-order valence-electron chi connectivity index (χ3n) is 1.84. The van der Waals surface area contributed by atoms with Crippen molar-refractivity contribution in [1.29, 1.82) is 0 Å². The summed E-state index contributed by atoms with van der Waals surface area (Å²) in [5, 5.41) is 1.03. The Morgan fingerprint density at radius 3 is 2.71 bits per heavy atom. The molecule has 78 valence electrons. The van der Waals surface area contributed by atoms with Gasteiger partial charge in [-0.25, -0.2) is 4.98 Å². The highest BCUT2D eigenvalue weighted by molar-refractivity contribution is 7.99. The topological polar surface area (TPSA) is 25.8 Å². The molecule has 0 aliphatic heterocycles. The van der Waals surface area contributed by atoms with Crippen LogP contribution in [-0.4, -0.2) is 21.5 Å². The third-order valence-corrected chi connectivity index (χ3v) is 3.16. The molecule has 0 aliphatic rings. The summed E-state index contributed by atoms with van der Waals surface area (Å²) < 4.78 is 0. The lowest BCUT2D eigenvalue weighted by Gasteiger charge is -1.99. The molecule has 0 radical (unpaired) electrons. The number of unbranched alkanes of at least 4 members (excludes halogenated alkanes) is 3. The van der Waals surface area contributed by atoms with Crippen molar-refractivity contribution in [1.82, 2.24) is 9.97 Å². The van der Waals surface area contributed by atoms with Gasteiger partial charge < -0.3 is 0 Å². The number of hydrogen-bond acceptors (Lipinski definition) is 4. The monoisotopic (exact) mass is 228 g/mol. The summed E-state index contributed by atoms with van der Waals surface area (Å²) in [6, 6.07) is 0. The number of thiol groups is 1. The molecule has 0 fully saturated rings. The summed E-state index contributed by atoms with van der Waals surface area (Å²) in [5.41, 5.74) is 0. The summed E-state index contributed by atoms with van der Waals surface area (Å²) in [7, 11) is 0. The molecule has 0 saturated heterocycles. The van der Waals surface area contributed by atoms with E-state index in [4.69, 9.17) is 0 Å². The molecule has 2 nitrogen and oxygen atoms in total. The van der Waals surface area contributed by atoms with Gasteiger partial charge in [-0.2, -0.15) is 12.6 Å². The van der Waals surface area contributed by atoms with Gasteiger partial charge in [-0.3, -0.25) is 4.98 Å². The lowest BCUT2D eigenvalue weighted by Crippen LogP contribution is -1.85. The number of hydrogen-bond donors (Lipinski definition) is 1. The first kappa shape index (κ1) is 11.9. The van der Waals surface area contributed by atoms with Gasteiger partial charge in [0.1, 0.15) is 5.03 Å². The summed E-state index contributed by atoms with van der Waals surface area (Å²) in [6.07, 6.45) is 10.4. The average molecular weight is 228 g/mol. The van der Waals surface area contributed by atoms with Gasteiger partial charge in [0.15, 0.2) is 0 Å². The van der Waals surface area contributed by atoms with E-state index in [9.17, 15) is 0 Å². The van der Waals surface area contributed by atoms with Gasteiger partial charge in [0.05, 0.1) is 6.20 Å². The first-order valence-corrected chi connectivity index (χ1v) is 6.55. The average Bonchev–Trinajstić information content (AvgIpc) is 2.25. The normalized spacial score (nSPS) is 10.4. The Labute approximate surface area is 95.3 Å². The molecule has 0 atom stereocenters. The second-order valence-corrected chi connectivity index (χ2v) is 4.59. The first-order chi connectivity index (χ1) is 6.93. The smallest absolute Gasteiger partial charge is 0.114 e. The molecule has 1 heterocycles. The van der Waals surface area contributed by atoms with Crippen LogP contribution >= 0.6 is 24.4 Å². The Balaban J connectivity index is 1.99. The maximum atomic E-state index is 4.20. The van der Waals surface area contributed by atoms with Crippen LogP contribution < -0.4 is 0 Å². The van der Waals surface area contributed by atoms with E-state index in [1.165, 1.54) is 25.7 Å². The zero-order valence-electron chi connectivity index (χ0n) is 8.22. The molecular formula is C10H16N2S2. The molecule has 1 rings (SSSR count). The fourth-order valence-corrected chi connectivity index (χ4v) is 2.16. The van der Waals surface area contributed by atoms with Crippen LogP contribution in [0.1, 0.15) is 25.7 Å². The van der Waals surface area contributed by atoms with E-state index in [-0.39, 0.29) is 0 Å². The Bertz CT molecular complexity index is 229. The lowest BCUT2D eigenvalue weighted by atomic mass is 10.2. The second-order valence-electron chi connectivity index (χ2n) is 3.03. The zero-order valence-corrected chi connectivity index (χ0v) is 9.94. The summed E-state index contributed by atoms with van der Waals surface area (Å²) in [4.78, 5) is 8.22. The Morgan fingerprint density at radius 2 is 2.00 bits per heavy atom. The van der Waals surface area contributed by atoms with Crippen LogP contribution in [-0.2, 0) is 0 Å². The summed E-state index contributed by atoms with van der Waals surface area (Å²) >= 11 is 5.97. The van der Waals surface area contributed by atoms with E-state index < -0.39 is 0 Å². The molecule has 0 unspecified atom stereocenters. The fraction of sp³-hybridized carbons (Fsp3) is 0.600. The number of aromatic nitrogens is 2. The van der Waals surface area contributed by atoms with E-state index >= 15 is 0 Å². The molecule has 0 aromatic carbocycles. The second kappa shape index (κ2) is 8.12. The van der Waals surface area contributed by atoms with Crippen molar-refractivity contribution in [2.24, 2.45) is 0 Å². The minimum Gasteiger partial charge on any atom is -0.260 e. The van der Waals surface area contributed by atoms with Crippen molar-refractivity contribution in [3.63, 3.8) is 0 Å². The van der Waals surface area contributed by atoms with Gasteiger partial charge in [-0.1, -0.05) is 12.8 Å². The van der Waals surface area contributed by atoms with Crippen LogP contribution in [0.3, 0.4) is 0 Å². The standard InChI is InChI=1S/C10H16N2S2/c13-7-3-1-2-4-8-14-10-9-11-5-6-12-10/h5-6,9,13H,1-4,7-8H2. The van der Waals surface area contributed by atoms with Crippen LogP contribution in [0.4, 0.5) is 0 Å². The maximum absolute atomic E-state index is 4.20. The fourth-order valence-electron chi connectivity index (χ4n) is 1.10. The molecule has 14 heavy (non-hydrogen) atoms. The van der Waals surface area contributed by atoms with Gasteiger partial charge >= 0.3 is 0 Å². The highest BCUT2D eigenvalue weighted by Gasteiger charge is 1.94. The van der Waals surface area contributed by atoms with E-state index in [2.05, 4.69) is 22.6 Å². The van der Waals surface area contributed by atoms with Crippen LogP contribution in [0.5, 0.6) is 0 Å². The molecule has 0 bridgehead atoms. The molecule has 0 aliphatic carbocycles. The minimum absolute atomic E-state index is 1.01. The van der Waals surface area contributed by atoms with E-state index in [0.717, 1.165) is 16.5 Å². The van der Waals surface area contributed by atoms with Crippen LogP contribution in [0.25, 0.3) is 0 Å². The summed E-state index contributed by atoms with van der Waals surface area (Å²) in [5.74, 6) is 2.16. The quantitative estimate of drug-likeness (QED) is 0.441. The number of nitrogens with zero attached hydrogens (tertiary/aromatic N) is 2. The number of thioether (sulfide) groups is 1. The molecule has 0 spiro atoms. The van der Waals surface area contributed by atoms with Crippen LogP contribution in [0.2, 0.25) is 0 Å². The molecule has 1 aromatic heterocycles. The predicted octanol–water partition coefficient (Wildman–Crippen LogP) is 3.06. The zero-order chi connectivity index (χ0) is 10.1. The predicted molar refractivity (Wildman–Crippen MR) is 65.1 cm³/mol. The molecular weight excluding hydrogens is 212 g/mol. The SMILES string of the molecule is SCCCCCCSc1cnccn1. The molecule has 1 aromatic rings. The molecule has 0 amide bonds. The van der Waals surface area contributed by atoms with Crippen molar-refractivity contribution in [2.45, 2.75) is 30.7 Å². The van der Waals surface area contributed by atoms with Gasteiger partial charge in [0.25, 0.3) is 0 Å². The van der Waals surface area contributed by atoms with Crippen molar-refractivity contribution in [3.8, 4) is 0 Å². The van der Waals surface area contributed by atoms with Gasteiger partial charge in [0.2, 0.25) is 0 Å². The minimum atomic E-state index is 1.01. The van der Waals surface area contributed by atoms with Gasteiger partial charge in [-0.15, -0.1) is 11.8 Å². The van der Waals surface area contributed by atoms with Crippen molar-refractivity contribution in [3.05, 3.63) is 18.6 Å². The lowest BCUT2D eigenvalue weighted by molar-refractivity contribution is 0.711. The van der Waals surface area contributed by atoms with Gasteiger partial charge in [-0.05, 0) is 24.3 Å². The molecule has 0 N–H and O–H groups in total. The van der Waals surface area contributed by atoms with Crippen molar-refractivity contribution in [2.75, 3.05) is 11.5 Å². The molecule has 0 saturated carbocycles. The third kappa shape index (κ3) is 5.50. The van der Waals surface area contributed by atoms with Gasteiger partial charge in [0, 0.05) is 12.4 Å². The van der Waals surface area contributed by atoms with E-state index in [1.54, 1.807) is 24.2 Å². The van der Waals surface area contributed by atoms with Crippen LogP contribution in [0, 0.1) is 0 Å². The van der Waals surface area contributed by atoms with E-state index in [1.807, 2.05) is 6.20 Å². The Morgan fingerprint density at radius 1 is 1.14 bits per heavy atom. The largest absolute Gasteiger partial charge is 0.260 e. The highest BCUT2D eigenvalue weighted by atomic mass is 32.2. The molecule has 4 heteroatoms. The first-order valence-electron chi connectivity index (χ1n) is 4.93. The maximum Gasteiger partial charge on any atom is 0.114 e. The Hall–Kier alpha value is -0.220.